The van der Waals surface area contributed by atoms with Crippen LogP contribution in [0.1, 0.15) is 49.8 Å². The Kier molecular flexibility index (Phi) is 4.79. The SMILES string of the molecule is Cc1ccccc1C(CN)OC1CCCCC1C. The average molecular weight is 247 g/mol. The number of benzene rings is 1. The van der Waals surface area contributed by atoms with Crippen LogP contribution < -0.4 is 5.73 Å². The fourth-order valence-corrected chi connectivity index (χ4v) is 2.90. The van der Waals surface area contributed by atoms with Gasteiger partial charge < -0.3 is 10.5 Å². The molecule has 2 heteroatoms. The third-order valence-electron chi connectivity index (χ3n) is 4.12. The molecule has 100 valence electrons. The maximum atomic E-state index is 6.29. The molecule has 3 unspecified atom stereocenters. The molecule has 0 amide bonds. The van der Waals surface area contributed by atoms with Crippen molar-refractivity contribution >= 4 is 0 Å². The van der Waals surface area contributed by atoms with Gasteiger partial charge in [-0.3, -0.25) is 0 Å². The lowest BCUT2D eigenvalue weighted by molar-refractivity contribution is -0.0535. The van der Waals surface area contributed by atoms with E-state index in [1.165, 1.54) is 36.8 Å². The molecule has 2 nitrogen and oxygen atoms in total. The first-order chi connectivity index (χ1) is 8.72. The van der Waals surface area contributed by atoms with E-state index in [0.717, 1.165) is 0 Å². The summed E-state index contributed by atoms with van der Waals surface area (Å²) in [5.74, 6) is 0.664. The Morgan fingerprint density at radius 2 is 2.00 bits per heavy atom. The number of rotatable bonds is 4. The summed E-state index contributed by atoms with van der Waals surface area (Å²) in [5.41, 5.74) is 8.43. The van der Waals surface area contributed by atoms with Gasteiger partial charge in [0.25, 0.3) is 0 Å². The van der Waals surface area contributed by atoms with Crippen LogP contribution >= 0.6 is 0 Å². The molecule has 1 aliphatic carbocycles. The summed E-state index contributed by atoms with van der Waals surface area (Å²) in [6.07, 6.45) is 5.54. The number of hydrogen-bond acceptors (Lipinski definition) is 2. The first-order valence-corrected chi connectivity index (χ1v) is 7.13. The summed E-state index contributed by atoms with van der Waals surface area (Å²) >= 11 is 0. The molecule has 3 atom stereocenters. The lowest BCUT2D eigenvalue weighted by Gasteiger charge is -2.32. The van der Waals surface area contributed by atoms with Crippen molar-refractivity contribution in [1.29, 1.82) is 0 Å². The van der Waals surface area contributed by atoms with Crippen LogP contribution in [0, 0.1) is 12.8 Å². The summed E-state index contributed by atoms with van der Waals surface area (Å²) in [4.78, 5) is 0. The van der Waals surface area contributed by atoms with Crippen molar-refractivity contribution in [2.45, 2.75) is 51.7 Å². The fourth-order valence-electron chi connectivity index (χ4n) is 2.90. The highest BCUT2D eigenvalue weighted by Gasteiger charge is 2.25. The van der Waals surface area contributed by atoms with Crippen LogP contribution in [0.2, 0.25) is 0 Å². The standard InChI is InChI=1S/C16H25NO/c1-12-7-3-5-9-14(12)16(11-17)18-15-10-6-4-8-13(15)2/h3,5,7,9,13,15-16H,4,6,8,10-11,17H2,1-2H3. The second-order valence-electron chi connectivity index (χ2n) is 5.52. The van der Waals surface area contributed by atoms with Crippen molar-refractivity contribution in [2.24, 2.45) is 11.7 Å². The molecule has 0 aromatic heterocycles. The molecule has 0 spiro atoms. The van der Waals surface area contributed by atoms with E-state index in [0.29, 0.717) is 18.6 Å². The molecule has 0 radical (unpaired) electrons. The second kappa shape index (κ2) is 6.35. The van der Waals surface area contributed by atoms with E-state index in [2.05, 4.69) is 38.1 Å². The van der Waals surface area contributed by atoms with Crippen LogP contribution in [0.15, 0.2) is 24.3 Å². The Hall–Kier alpha value is -0.860. The molecule has 0 saturated heterocycles. The van der Waals surface area contributed by atoms with Gasteiger partial charge in [-0.15, -0.1) is 0 Å². The summed E-state index contributed by atoms with van der Waals surface area (Å²) in [5, 5.41) is 0. The highest BCUT2D eigenvalue weighted by molar-refractivity contribution is 5.28. The number of aryl methyl sites for hydroxylation is 1. The van der Waals surface area contributed by atoms with Crippen LogP contribution in [0.4, 0.5) is 0 Å². The summed E-state index contributed by atoms with van der Waals surface area (Å²) < 4.78 is 6.29. The molecule has 1 fully saturated rings. The predicted octanol–water partition coefficient (Wildman–Crippen LogP) is 3.59. The molecule has 1 saturated carbocycles. The van der Waals surface area contributed by atoms with Crippen LogP contribution in [-0.2, 0) is 4.74 Å². The van der Waals surface area contributed by atoms with Gasteiger partial charge in [0, 0.05) is 6.54 Å². The van der Waals surface area contributed by atoms with Gasteiger partial charge in [-0.25, -0.2) is 0 Å². The summed E-state index contributed by atoms with van der Waals surface area (Å²) in [6, 6.07) is 8.40. The van der Waals surface area contributed by atoms with Crippen molar-refractivity contribution in [3.8, 4) is 0 Å². The van der Waals surface area contributed by atoms with Gasteiger partial charge in [0.15, 0.2) is 0 Å². The zero-order valence-corrected chi connectivity index (χ0v) is 11.6. The zero-order valence-electron chi connectivity index (χ0n) is 11.6. The highest BCUT2D eigenvalue weighted by atomic mass is 16.5. The molecule has 0 heterocycles. The first-order valence-electron chi connectivity index (χ1n) is 7.13. The monoisotopic (exact) mass is 247 g/mol. The van der Waals surface area contributed by atoms with E-state index in [4.69, 9.17) is 10.5 Å². The Bertz CT molecular complexity index is 377. The van der Waals surface area contributed by atoms with Crippen molar-refractivity contribution < 1.29 is 4.74 Å². The van der Waals surface area contributed by atoms with E-state index >= 15 is 0 Å². The Labute approximate surface area is 111 Å². The van der Waals surface area contributed by atoms with Gasteiger partial charge in [-0.1, -0.05) is 44.0 Å². The molecule has 18 heavy (non-hydrogen) atoms. The third kappa shape index (κ3) is 3.12. The van der Waals surface area contributed by atoms with Gasteiger partial charge in [-0.2, -0.15) is 0 Å². The predicted molar refractivity (Wildman–Crippen MR) is 75.5 cm³/mol. The molecular weight excluding hydrogens is 222 g/mol. The van der Waals surface area contributed by atoms with Gasteiger partial charge >= 0.3 is 0 Å². The van der Waals surface area contributed by atoms with Gasteiger partial charge in [-0.05, 0) is 36.8 Å². The van der Waals surface area contributed by atoms with Crippen LogP contribution in [0.3, 0.4) is 0 Å². The molecular formula is C16H25NO. The largest absolute Gasteiger partial charge is 0.369 e. The normalized spacial score (nSPS) is 25.9. The molecule has 1 aromatic carbocycles. The molecule has 1 aliphatic rings. The van der Waals surface area contributed by atoms with Gasteiger partial charge in [0.05, 0.1) is 12.2 Å². The average Bonchev–Trinajstić information content (AvgIpc) is 2.39. The molecule has 0 aliphatic heterocycles. The van der Waals surface area contributed by atoms with Crippen LogP contribution in [0.25, 0.3) is 0 Å². The lowest BCUT2D eigenvalue weighted by atomic mass is 9.87. The smallest absolute Gasteiger partial charge is 0.0953 e. The van der Waals surface area contributed by atoms with Gasteiger partial charge in [0.1, 0.15) is 0 Å². The molecule has 2 rings (SSSR count). The fraction of sp³-hybridized carbons (Fsp3) is 0.625. The topological polar surface area (TPSA) is 35.2 Å². The van der Waals surface area contributed by atoms with E-state index < -0.39 is 0 Å². The Morgan fingerprint density at radius 1 is 1.28 bits per heavy atom. The minimum atomic E-state index is 0.0525. The number of hydrogen-bond donors (Lipinski definition) is 1. The van der Waals surface area contributed by atoms with Crippen LogP contribution in [-0.4, -0.2) is 12.6 Å². The maximum absolute atomic E-state index is 6.29. The molecule has 0 bridgehead atoms. The van der Waals surface area contributed by atoms with E-state index in [1.54, 1.807) is 0 Å². The van der Waals surface area contributed by atoms with Gasteiger partial charge in [0.2, 0.25) is 0 Å². The zero-order chi connectivity index (χ0) is 13.0. The molecule has 2 N–H and O–H groups in total. The first kappa shape index (κ1) is 13.6. The Balaban J connectivity index is 2.07. The van der Waals surface area contributed by atoms with E-state index in [9.17, 15) is 0 Å². The highest BCUT2D eigenvalue weighted by Crippen LogP contribution is 2.31. The second-order valence-corrected chi connectivity index (χ2v) is 5.52. The number of nitrogens with two attached hydrogens (primary N) is 1. The number of ether oxygens (including phenoxy) is 1. The summed E-state index contributed by atoms with van der Waals surface area (Å²) in [7, 11) is 0. The minimum Gasteiger partial charge on any atom is -0.369 e. The van der Waals surface area contributed by atoms with Crippen molar-refractivity contribution in [3.63, 3.8) is 0 Å². The van der Waals surface area contributed by atoms with E-state index in [-0.39, 0.29) is 6.10 Å². The van der Waals surface area contributed by atoms with Crippen molar-refractivity contribution in [1.82, 2.24) is 0 Å². The van der Waals surface area contributed by atoms with Crippen molar-refractivity contribution in [3.05, 3.63) is 35.4 Å². The van der Waals surface area contributed by atoms with E-state index in [1.807, 2.05) is 0 Å². The lowest BCUT2D eigenvalue weighted by Crippen LogP contribution is -2.30. The van der Waals surface area contributed by atoms with Crippen LogP contribution in [0.5, 0.6) is 0 Å². The maximum Gasteiger partial charge on any atom is 0.0953 e. The third-order valence-corrected chi connectivity index (χ3v) is 4.12. The summed E-state index contributed by atoms with van der Waals surface area (Å²) in [6.45, 7) is 5.00. The quantitative estimate of drug-likeness (QED) is 0.882. The molecule has 1 aromatic rings. The van der Waals surface area contributed by atoms with Crippen molar-refractivity contribution in [2.75, 3.05) is 6.54 Å². The Morgan fingerprint density at radius 3 is 2.67 bits per heavy atom. The minimum absolute atomic E-state index is 0.0525.